The SMILES string of the molecule is O=C(NC(c1ccccc1)c1cccs1)c1cc(Cl)c[nH]1. The van der Waals surface area contributed by atoms with E-state index >= 15 is 0 Å². The number of H-pyrrole nitrogens is 1. The van der Waals surface area contributed by atoms with E-state index in [0.29, 0.717) is 10.7 Å². The van der Waals surface area contributed by atoms with Gasteiger partial charge in [-0.2, -0.15) is 0 Å². The van der Waals surface area contributed by atoms with E-state index in [-0.39, 0.29) is 11.9 Å². The van der Waals surface area contributed by atoms with Gasteiger partial charge >= 0.3 is 0 Å². The van der Waals surface area contributed by atoms with E-state index in [1.165, 1.54) is 0 Å². The second kappa shape index (κ2) is 6.16. The zero-order valence-corrected chi connectivity index (χ0v) is 12.6. The quantitative estimate of drug-likeness (QED) is 0.742. The third-order valence-electron chi connectivity index (χ3n) is 3.13. The fourth-order valence-electron chi connectivity index (χ4n) is 2.13. The molecule has 3 nitrogen and oxygen atoms in total. The van der Waals surface area contributed by atoms with E-state index in [2.05, 4.69) is 10.3 Å². The molecule has 3 rings (SSSR count). The average molecular weight is 317 g/mol. The summed E-state index contributed by atoms with van der Waals surface area (Å²) in [4.78, 5) is 16.3. The lowest BCUT2D eigenvalue weighted by Gasteiger charge is -2.17. The third-order valence-corrected chi connectivity index (χ3v) is 4.28. The van der Waals surface area contributed by atoms with Crippen LogP contribution >= 0.6 is 22.9 Å². The minimum Gasteiger partial charge on any atom is -0.356 e. The molecule has 0 spiro atoms. The largest absolute Gasteiger partial charge is 0.356 e. The molecule has 2 heterocycles. The molecule has 0 aliphatic heterocycles. The summed E-state index contributed by atoms with van der Waals surface area (Å²) in [5, 5.41) is 5.57. The monoisotopic (exact) mass is 316 g/mol. The normalized spacial score (nSPS) is 12.0. The minimum atomic E-state index is -0.177. The van der Waals surface area contributed by atoms with E-state index in [0.717, 1.165) is 10.4 Å². The summed E-state index contributed by atoms with van der Waals surface area (Å²) in [6.45, 7) is 0. The Hall–Kier alpha value is -2.04. The van der Waals surface area contributed by atoms with Crippen LogP contribution in [-0.2, 0) is 0 Å². The summed E-state index contributed by atoms with van der Waals surface area (Å²) >= 11 is 7.47. The number of hydrogen-bond acceptors (Lipinski definition) is 2. The van der Waals surface area contributed by atoms with Crippen LogP contribution in [0.3, 0.4) is 0 Å². The molecule has 106 valence electrons. The van der Waals surface area contributed by atoms with Crippen LogP contribution < -0.4 is 5.32 Å². The predicted molar refractivity (Wildman–Crippen MR) is 85.9 cm³/mol. The molecule has 0 radical (unpaired) electrons. The van der Waals surface area contributed by atoms with Gasteiger partial charge in [-0.3, -0.25) is 4.79 Å². The maximum absolute atomic E-state index is 12.3. The molecule has 0 aliphatic rings. The molecular formula is C16H13ClN2OS. The first-order valence-electron chi connectivity index (χ1n) is 6.47. The van der Waals surface area contributed by atoms with Gasteiger partial charge in [-0.1, -0.05) is 48.0 Å². The van der Waals surface area contributed by atoms with Gasteiger partial charge in [0.25, 0.3) is 5.91 Å². The predicted octanol–water partition coefficient (Wildman–Crippen LogP) is 4.25. The second-order valence-electron chi connectivity index (χ2n) is 4.56. The Morgan fingerprint density at radius 3 is 2.62 bits per heavy atom. The van der Waals surface area contributed by atoms with Crippen molar-refractivity contribution in [3.63, 3.8) is 0 Å². The number of nitrogens with one attached hydrogen (secondary N) is 2. The van der Waals surface area contributed by atoms with Crippen molar-refractivity contribution < 1.29 is 4.79 Å². The molecule has 0 fully saturated rings. The van der Waals surface area contributed by atoms with Crippen molar-refractivity contribution in [2.75, 3.05) is 0 Å². The second-order valence-corrected chi connectivity index (χ2v) is 5.98. The molecule has 1 unspecified atom stereocenters. The number of aromatic amines is 1. The number of halogens is 1. The van der Waals surface area contributed by atoms with Gasteiger partial charge in [-0.05, 0) is 23.1 Å². The van der Waals surface area contributed by atoms with Crippen LogP contribution in [0.5, 0.6) is 0 Å². The highest BCUT2D eigenvalue weighted by atomic mass is 35.5. The molecule has 21 heavy (non-hydrogen) atoms. The summed E-state index contributed by atoms with van der Waals surface area (Å²) in [5.74, 6) is -0.177. The highest BCUT2D eigenvalue weighted by Gasteiger charge is 2.19. The molecule has 0 aliphatic carbocycles. The third kappa shape index (κ3) is 3.17. The summed E-state index contributed by atoms with van der Waals surface area (Å²) < 4.78 is 0. The molecule has 0 saturated heterocycles. The van der Waals surface area contributed by atoms with Crippen molar-refractivity contribution in [2.45, 2.75) is 6.04 Å². The molecule has 1 amide bonds. The van der Waals surface area contributed by atoms with Crippen LogP contribution in [0.25, 0.3) is 0 Å². The number of carbonyl (C=O) groups excluding carboxylic acids is 1. The van der Waals surface area contributed by atoms with Crippen LogP contribution in [-0.4, -0.2) is 10.9 Å². The lowest BCUT2D eigenvalue weighted by molar-refractivity contribution is 0.0939. The van der Waals surface area contributed by atoms with Gasteiger partial charge in [0.05, 0.1) is 11.1 Å². The number of amides is 1. The van der Waals surface area contributed by atoms with Gasteiger partial charge < -0.3 is 10.3 Å². The van der Waals surface area contributed by atoms with Crippen LogP contribution in [0, 0.1) is 0 Å². The standard InChI is InChI=1S/C16H13ClN2OS/c17-12-9-13(18-10-12)16(20)19-15(14-7-4-8-21-14)11-5-2-1-3-6-11/h1-10,15,18H,(H,19,20). The Balaban J connectivity index is 1.88. The van der Waals surface area contributed by atoms with Crippen molar-refractivity contribution in [3.05, 3.63) is 81.3 Å². The summed E-state index contributed by atoms with van der Waals surface area (Å²) in [6, 6.07) is 15.4. The average Bonchev–Trinajstić information content (AvgIpc) is 3.17. The molecule has 2 aromatic heterocycles. The maximum atomic E-state index is 12.3. The molecule has 2 N–H and O–H groups in total. The maximum Gasteiger partial charge on any atom is 0.268 e. The van der Waals surface area contributed by atoms with Gasteiger partial charge in [0.1, 0.15) is 5.69 Å². The van der Waals surface area contributed by atoms with Crippen molar-refractivity contribution in [3.8, 4) is 0 Å². The Labute approximate surface area is 131 Å². The summed E-state index contributed by atoms with van der Waals surface area (Å²) in [7, 11) is 0. The Bertz CT molecular complexity index is 722. The van der Waals surface area contributed by atoms with E-state index in [1.807, 2.05) is 47.8 Å². The van der Waals surface area contributed by atoms with E-state index < -0.39 is 0 Å². The van der Waals surface area contributed by atoms with E-state index in [9.17, 15) is 4.79 Å². The molecule has 1 atom stereocenters. The highest BCUT2D eigenvalue weighted by molar-refractivity contribution is 7.10. The van der Waals surface area contributed by atoms with E-state index in [1.54, 1.807) is 23.6 Å². The molecule has 0 bridgehead atoms. The first-order valence-corrected chi connectivity index (χ1v) is 7.73. The van der Waals surface area contributed by atoms with Gasteiger partial charge in [-0.15, -0.1) is 11.3 Å². The molecular weight excluding hydrogens is 304 g/mol. The topological polar surface area (TPSA) is 44.9 Å². The Kier molecular flexibility index (Phi) is 4.08. The Morgan fingerprint density at radius 1 is 1.19 bits per heavy atom. The van der Waals surface area contributed by atoms with Crippen LogP contribution in [0.1, 0.15) is 27.0 Å². The molecule has 1 aromatic carbocycles. The van der Waals surface area contributed by atoms with Gasteiger partial charge in [-0.25, -0.2) is 0 Å². The summed E-state index contributed by atoms with van der Waals surface area (Å²) in [5.41, 5.74) is 1.50. The zero-order chi connectivity index (χ0) is 14.7. The fraction of sp³-hybridized carbons (Fsp3) is 0.0625. The van der Waals surface area contributed by atoms with E-state index in [4.69, 9.17) is 11.6 Å². The number of carbonyl (C=O) groups is 1. The van der Waals surface area contributed by atoms with Crippen LogP contribution in [0.15, 0.2) is 60.1 Å². The number of benzene rings is 1. The lowest BCUT2D eigenvalue weighted by atomic mass is 10.1. The zero-order valence-electron chi connectivity index (χ0n) is 11.0. The number of hydrogen-bond donors (Lipinski definition) is 2. The van der Waals surface area contributed by atoms with Crippen molar-refractivity contribution in [2.24, 2.45) is 0 Å². The van der Waals surface area contributed by atoms with Crippen molar-refractivity contribution in [1.29, 1.82) is 0 Å². The highest BCUT2D eigenvalue weighted by Crippen LogP contribution is 2.26. The van der Waals surface area contributed by atoms with Crippen molar-refractivity contribution >= 4 is 28.8 Å². The Morgan fingerprint density at radius 2 is 2.00 bits per heavy atom. The lowest BCUT2D eigenvalue weighted by Crippen LogP contribution is -2.29. The molecule has 3 aromatic rings. The van der Waals surface area contributed by atoms with Crippen molar-refractivity contribution in [1.82, 2.24) is 10.3 Å². The van der Waals surface area contributed by atoms with Crippen LogP contribution in [0.2, 0.25) is 5.02 Å². The smallest absolute Gasteiger partial charge is 0.268 e. The van der Waals surface area contributed by atoms with Crippen LogP contribution in [0.4, 0.5) is 0 Å². The first-order chi connectivity index (χ1) is 10.2. The van der Waals surface area contributed by atoms with Gasteiger partial charge in [0, 0.05) is 11.1 Å². The van der Waals surface area contributed by atoms with Gasteiger partial charge in [0.2, 0.25) is 0 Å². The first kappa shape index (κ1) is 13.9. The number of aromatic nitrogens is 1. The minimum absolute atomic E-state index is 0.166. The van der Waals surface area contributed by atoms with Gasteiger partial charge in [0.15, 0.2) is 0 Å². The summed E-state index contributed by atoms with van der Waals surface area (Å²) in [6.07, 6.45) is 1.60. The number of thiophene rings is 1. The molecule has 5 heteroatoms. The number of rotatable bonds is 4. The fourth-order valence-corrected chi connectivity index (χ4v) is 3.09. The molecule has 0 saturated carbocycles.